The number of rotatable bonds is 3. The Morgan fingerprint density at radius 1 is 1.62 bits per heavy atom. The van der Waals surface area contributed by atoms with Gasteiger partial charge in [-0.1, -0.05) is 11.6 Å². The Bertz CT molecular complexity index is 306. The highest BCUT2D eigenvalue weighted by Gasteiger charge is 2.08. The van der Waals surface area contributed by atoms with Crippen LogP contribution in [0.3, 0.4) is 0 Å². The Kier molecular flexibility index (Phi) is 3.99. The van der Waals surface area contributed by atoms with Crippen LogP contribution >= 0.6 is 27.5 Å². The highest BCUT2D eigenvalue weighted by Crippen LogP contribution is 2.32. The van der Waals surface area contributed by atoms with Crippen LogP contribution in [0.2, 0.25) is 5.02 Å². The quantitative estimate of drug-likeness (QED) is 0.650. The van der Waals surface area contributed by atoms with Gasteiger partial charge in [-0.15, -0.1) is 0 Å². The van der Waals surface area contributed by atoms with Gasteiger partial charge in [-0.05, 0) is 28.1 Å². The predicted octanol–water partition coefficient (Wildman–Crippen LogP) is 2.07. The predicted molar refractivity (Wildman–Crippen MR) is 56.7 cm³/mol. The van der Waals surface area contributed by atoms with Crippen LogP contribution in [0.5, 0.6) is 5.75 Å². The van der Waals surface area contributed by atoms with Crippen LogP contribution in [0, 0.1) is 0 Å². The number of nitrogens with one attached hydrogen (secondary N) is 1. The third-order valence-corrected chi connectivity index (χ3v) is 2.39. The summed E-state index contributed by atoms with van der Waals surface area (Å²) in [7, 11) is 1.61. The fourth-order valence-corrected chi connectivity index (χ4v) is 2.12. The molecule has 0 heterocycles. The van der Waals surface area contributed by atoms with E-state index in [4.69, 9.17) is 22.2 Å². The van der Waals surface area contributed by atoms with Gasteiger partial charge in [0.05, 0.1) is 11.6 Å². The SMILES string of the molecule is COc1c(Br)cc(Cl)cc1CNN. The zero-order chi connectivity index (χ0) is 9.84. The summed E-state index contributed by atoms with van der Waals surface area (Å²) in [5, 5.41) is 0.651. The summed E-state index contributed by atoms with van der Waals surface area (Å²) in [6.45, 7) is 0.516. The van der Waals surface area contributed by atoms with E-state index in [0.29, 0.717) is 11.6 Å². The summed E-state index contributed by atoms with van der Waals surface area (Å²) in [6.07, 6.45) is 0. The van der Waals surface area contributed by atoms with Gasteiger partial charge in [-0.25, -0.2) is 0 Å². The summed E-state index contributed by atoms with van der Waals surface area (Å²) in [5.74, 6) is 5.97. The van der Waals surface area contributed by atoms with Gasteiger partial charge in [0.15, 0.2) is 0 Å². The van der Waals surface area contributed by atoms with Crippen molar-refractivity contribution in [3.05, 3.63) is 27.2 Å². The van der Waals surface area contributed by atoms with Gasteiger partial charge in [0, 0.05) is 17.1 Å². The Morgan fingerprint density at radius 2 is 2.31 bits per heavy atom. The van der Waals surface area contributed by atoms with E-state index >= 15 is 0 Å². The number of benzene rings is 1. The molecule has 0 aromatic heterocycles. The second-order valence-corrected chi connectivity index (χ2v) is 3.75. The lowest BCUT2D eigenvalue weighted by molar-refractivity contribution is 0.405. The minimum absolute atomic E-state index is 0.516. The largest absolute Gasteiger partial charge is 0.495 e. The fourth-order valence-electron chi connectivity index (χ4n) is 1.08. The lowest BCUT2D eigenvalue weighted by atomic mass is 10.2. The zero-order valence-corrected chi connectivity index (χ0v) is 9.45. The number of nitrogens with two attached hydrogens (primary N) is 1. The van der Waals surface area contributed by atoms with Crippen molar-refractivity contribution in [2.45, 2.75) is 6.54 Å². The summed E-state index contributed by atoms with van der Waals surface area (Å²) in [5.41, 5.74) is 3.47. The van der Waals surface area contributed by atoms with Gasteiger partial charge >= 0.3 is 0 Å². The average Bonchev–Trinajstić information content (AvgIpc) is 2.04. The van der Waals surface area contributed by atoms with Crippen LogP contribution in [0.4, 0.5) is 0 Å². The van der Waals surface area contributed by atoms with Crippen molar-refractivity contribution in [2.24, 2.45) is 5.84 Å². The molecule has 0 atom stereocenters. The summed E-state index contributed by atoms with van der Waals surface area (Å²) in [6, 6.07) is 3.59. The lowest BCUT2D eigenvalue weighted by Gasteiger charge is -2.10. The number of hydrogen-bond donors (Lipinski definition) is 2. The summed E-state index contributed by atoms with van der Waals surface area (Å²) >= 11 is 9.21. The second-order valence-electron chi connectivity index (χ2n) is 2.46. The molecule has 1 aromatic rings. The Hall–Kier alpha value is -0.290. The van der Waals surface area contributed by atoms with Gasteiger partial charge in [0.2, 0.25) is 0 Å². The molecule has 3 nitrogen and oxygen atoms in total. The molecule has 0 unspecified atom stereocenters. The molecule has 0 aliphatic rings. The molecule has 0 aliphatic carbocycles. The van der Waals surface area contributed by atoms with E-state index in [1.54, 1.807) is 13.2 Å². The van der Waals surface area contributed by atoms with Crippen molar-refractivity contribution in [3.8, 4) is 5.75 Å². The Morgan fingerprint density at radius 3 is 2.85 bits per heavy atom. The van der Waals surface area contributed by atoms with Crippen molar-refractivity contribution in [3.63, 3.8) is 0 Å². The third kappa shape index (κ3) is 2.57. The molecular weight excluding hydrogens is 255 g/mol. The number of hydrogen-bond acceptors (Lipinski definition) is 3. The lowest BCUT2D eigenvalue weighted by Crippen LogP contribution is -2.21. The molecule has 0 aliphatic heterocycles. The summed E-state index contributed by atoms with van der Waals surface area (Å²) < 4.78 is 6.01. The first kappa shape index (κ1) is 10.8. The standard InChI is InChI=1S/C8H10BrClN2O/c1-13-8-5(4-12-11)2-6(10)3-7(8)9/h2-3,12H,4,11H2,1H3. The topological polar surface area (TPSA) is 47.3 Å². The van der Waals surface area contributed by atoms with Crippen LogP contribution in [0.25, 0.3) is 0 Å². The molecule has 0 saturated heterocycles. The number of hydrazine groups is 1. The maximum Gasteiger partial charge on any atom is 0.137 e. The zero-order valence-electron chi connectivity index (χ0n) is 7.10. The van der Waals surface area contributed by atoms with Crippen LogP contribution in [0.1, 0.15) is 5.56 Å². The minimum Gasteiger partial charge on any atom is -0.495 e. The molecule has 0 fully saturated rings. The van der Waals surface area contributed by atoms with Crippen molar-refractivity contribution in [2.75, 3.05) is 7.11 Å². The normalized spacial score (nSPS) is 10.2. The molecule has 3 N–H and O–H groups in total. The summed E-state index contributed by atoms with van der Waals surface area (Å²) in [4.78, 5) is 0. The van der Waals surface area contributed by atoms with E-state index in [0.717, 1.165) is 15.8 Å². The number of halogens is 2. The molecule has 0 amide bonds. The molecule has 0 spiro atoms. The first-order valence-corrected chi connectivity index (χ1v) is 4.81. The van der Waals surface area contributed by atoms with E-state index in [1.807, 2.05) is 6.07 Å². The van der Waals surface area contributed by atoms with Gasteiger partial charge in [0.25, 0.3) is 0 Å². The molecule has 13 heavy (non-hydrogen) atoms. The van der Waals surface area contributed by atoms with Crippen molar-refractivity contribution in [1.29, 1.82) is 0 Å². The molecule has 1 aromatic carbocycles. The Labute approximate surface area is 90.3 Å². The molecule has 5 heteroatoms. The Balaban J connectivity index is 3.13. The van der Waals surface area contributed by atoms with Gasteiger partial charge < -0.3 is 4.74 Å². The molecule has 0 saturated carbocycles. The van der Waals surface area contributed by atoms with Gasteiger partial charge in [-0.3, -0.25) is 11.3 Å². The highest BCUT2D eigenvalue weighted by molar-refractivity contribution is 9.10. The monoisotopic (exact) mass is 264 g/mol. The molecule has 1 rings (SSSR count). The average molecular weight is 266 g/mol. The number of methoxy groups -OCH3 is 1. The first-order valence-electron chi connectivity index (χ1n) is 3.64. The maximum atomic E-state index is 5.86. The number of ether oxygens (including phenoxy) is 1. The fraction of sp³-hybridized carbons (Fsp3) is 0.250. The van der Waals surface area contributed by atoms with Crippen LogP contribution in [0.15, 0.2) is 16.6 Å². The van der Waals surface area contributed by atoms with Gasteiger partial charge in [-0.2, -0.15) is 0 Å². The van der Waals surface area contributed by atoms with Crippen LogP contribution in [-0.4, -0.2) is 7.11 Å². The maximum absolute atomic E-state index is 5.86. The van der Waals surface area contributed by atoms with E-state index in [2.05, 4.69) is 21.4 Å². The van der Waals surface area contributed by atoms with Crippen molar-refractivity contribution >= 4 is 27.5 Å². The van der Waals surface area contributed by atoms with Crippen LogP contribution in [-0.2, 0) is 6.54 Å². The van der Waals surface area contributed by atoms with Crippen LogP contribution < -0.4 is 16.0 Å². The first-order chi connectivity index (χ1) is 6.19. The molecule has 0 radical (unpaired) electrons. The van der Waals surface area contributed by atoms with E-state index in [1.165, 1.54) is 0 Å². The van der Waals surface area contributed by atoms with Gasteiger partial charge in [0.1, 0.15) is 5.75 Å². The second kappa shape index (κ2) is 4.81. The van der Waals surface area contributed by atoms with E-state index in [9.17, 15) is 0 Å². The third-order valence-electron chi connectivity index (χ3n) is 1.58. The molecule has 0 bridgehead atoms. The van der Waals surface area contributed by atoms with E-state index in [-0.39, 0.29) is 0 Å². The highest BCUT2D eigenvalue weighted by atomic mass is 79.9. The molecule has 72 valence electrons. The minimum atomic E-state index is 0.516. The van der Waals surface area contributed by atoms with E-state index < -0.39 is 0 Å². The smallest absolute Gasteiger partial charge is 0.137 e. The molecular formula is C8H10BrClN2O. The van der Waals surface area contributed by atoms with Crippen molar-refractivity contribution in [1.82, 2.24) is 5.43 Å². The van der Waals surface area contributed by atoms with Crippen molar-refractivity contribution < 1.29 is 4.74 Å².